The first kappa shape index (κ1) is 13.7. The number of anilines is 2. The highest BCUT2D eigenvalue weighted by molar-refractivity contribution is 6.00. The van der Waals surface area contributed by atoms with E-state index in [1.54, 1.807) is 25.1 Å². The van der Waals surface area contributed by atoms with Crippen molar-refractivity contribution in [3.05, 3.63) is 23.8 Å². The summed E-state index contributed by atoms with van der Waals surface area (Å²) in [4.78, 5) is 13.8. The minimum atomic E-state index is 0.0123. The van der Waals surface area contributed by atoms with Crippen LogP contribution in [0, 0.1) is 0 Å². The third kappa shape index (κ3) is 3.40. The molecular weight excluding hydrogens is 238 g/mol. The van der Waals surface area contributed by atoms with Gasteiger partial charge in [0.25, 0.3) is 5.91 Å². The zero-order valence-corrected chi connectivity index (χ0v) is 11.8. The molecule has 1 amide bonds. The van der Waals surface area contributed by atoms with Crippen LogP contribution in [0.4, 0.5) is 11.4 Å². The van der Waals surface area contributed by atoms with Gasteiger partial charge in [-0.2, -0.15) is 0 Å². The van der Waals surface area contributed by atoms with E-state index in [0.717, 1.165) is 5.69 Å². The molecule has 19 heavy (non-hydrogen) atoms. The Morgan fingerprint density at radius 1 is 1.26 bits per heavy atom. The molecule has 3 N–H and O–H groups in total. The average molecular weight is 261 g/mol. The van der Waals surface area contributed by atoms with Gasteiger partial charge in [0, 0.05) is 31.5 Å². The van der Waals surface area contributed by atoms with Gasteiger partial charge in [-0.25, -0.2) is 0 Å². The number of carbonyl (C=O) groups excluding carboxylic acids is 1. The van der Waals surface area contributed by atoms with E-state index in [-0.39, 0.29) is 5.91 Å². The lowest BCUT2D eigenvalue weighted by molar-refractivity contribution is 0.0828. The third-order valence-corrected chi connectivity index (χ3v) is 3.65. The molecule has 1 aromatic rings. The average Bonchev–Trinajstić information content (AvgIpc) is 2.39. The molecule has 1 aliphatic rings. The van der Waals surface area contributed by atoms with Crippen molar-refractivity contribution in [2.24, 2.45) is 0 Å². The van der Waals surface area contributed by atoms with Gasteiger partial charge in [-0.05, 0) is 31.0 Å². The number of hydrogen-bond acceptors (Lipinski definition) is 3. The monoisotopic (exact) mass is 261 g/mol. The number of carbonyl (C=O) groups is 1. The van der Waals surface area contributed by atoms with Crippen LogP contribution in [0.2, 0.25) is 0 Å². The van der Waals surface area contributed by atoms with Crippen LogP contribution in [-0.2, 0) is 0 Å². The highest BCUT2D eigenvalue weighted by atomic mass is 16.2. The molecule has 0 unspecified atom stereocenters. The number of rotatable bonds is 3. The number of nitrogens with one attached hydrogen (secondary N) is 1. The van der Waals surface area contributed by atoms with Crippen molar-refractivity contribution >= 4 is 17.3 Å². The number of benzene rings is 1. The van der Waals surface area contributed by atoms with Crippen LogP contribution in [0.5, 0.6) is 0 Å². The fraction of sp³-hybridized carbons (Fsp3) is 0.533. The second-order valence-electron chi connectivity index (χ2n) is 5.48. The van der Waals surface area contributed by atoms with E-state index in [0.29, 0.717) is 17.3 Å². The summed E-state index contributed by atoms with van der Waals surface area (Å²) in [7, 11) is 3.53. The van der Waals surface area contributed by atoms with Gasteiger partial charge in [-0.3, -0.25) is 4.79 Å². The van der Waals surface area contributed by atoms with Crippen molar-refractivity contribution in [1.82, 2.24) is 4.90 Å². The Balaban J connectivity index is 2.21. The summed E-state index contributed by atoms with van der Waals surface area (Å²) >= 11 is 0. The maximum atomic E-state index is 12.2. The van der Waals surface area contributed by atoms with Crippen molar-refractivity contribution < 1.29 is 4.79 Å². The van der Waals surface area contributed by atoms with Crippen LogP contribution in [0.25, 0.3) is 0 Å². The summed E-state index contributed by atoms with van der Waals surface area (Å²) < 4.78 is 0. The molecule has 1 aromatic carbocycles. The second kappa shape index (κ2) is 5.95. The van der Waals surface area contributed by atoms with E-state index in [4.69, 9.17) is 5.73 Å². The predicted octanol–water partition coefficient (Wildman–Crippen LogP) is 2.72. The standard InChI is InChI=1S/C15H23N3O/c1-18(2)15(19)13-9-8-11(16)10-14(13)17-12-6-4-3-5-7-12/h8-10,12,17H,3-7,16H2,1-2H3. The maximum absolute atomic E-state index is 12.2. The topological polar surface area (TPSA) is 58.4 Å². The van der Waals surface area contributed by atoms with Gasteiger partial charge in [-0.15, -0.1) is 0 Å². The van der Waals surface area contributed by atoms with Crippen LogP contribution >= 0.6 is 0 Å². The normalized spacial score (nSPS) is 16.1. The summed E-state index contributed by atoms with van der Waals surface area (Å²) in [5.74, 6) is 0.0123. The van der Waals surface area contributed by atoms with Gasteiger partial charge >= 0.3 is 0 Å². The Morgan fingerprint density at radius 2 is 1.95 bits per heavy atom. The largest absolute Gasteiger partial charge is 0.399 e. The SMILES string of the molecule is CN(C)C(=O)c1ccc(N)cc1NC1CCCCC1. The molecule has 2 rings (SSSR count). The molecule has 0 radical (unpaired) electrons. The van der Waals surface area contributed by atoms with E-state index in [1.807, 2.05) is 12.1 Å². The first-order valence-corrected chi connectivity index (χ1v) is 6.95. The number of nitrogens with zero attached hydrogens (tertiary/aromatic N) is 1. The Kier molecular flexibility index (Phi) is 4.30. The summed E-state index contributed by atoms with van der Waals surface area (Å²) in [6.45, 7) is 0. The van der Waals surface area contributed by atoms with Gasteiger partial charge in [0.05, 0.1) is 5.56 Å². The molecule has 0 heterocycles. The quantitative estimate of drug-likeness (QED) is 0.822. The number of hydrogen-bond donors (Lipinski definition) is 2. The van der Waals surface area contributed by atoms with E-state index in [2.05, 4.69) is 5.32 Å². The van der Waals surface area contributed by atoms with E-state index >= 15 is 0 Å². The highest BCUT2D eigenvalue weighted by Crippen LogP contribution is 2.26. The third-order valence-electron chi connectivity index (χ3n) is 3.65. The van der Waals surface area contributed by atoms with Crippen LogP contribution < -0.4 is 11.1 Å². The molecule has 4 nitrogen and oxygen atoms in total. The molecule has 0 saturated heterocycles. The maximum Gasteiger partial charge on any atom is 0.255 e. The lowest BCUT2D eigenvalue weighted by Gasteiger charge is -2.25. The van der Waals surface area contributed by atoms with Crippen LogP contribution in [0.1, 0.15) is 42.5 Å². The molecule has 0 bridgehead atoms. The van der Waals surface area contributed by atoms with E-state index in [1.165, 1.54) is 32.1 Å². The Morgan fingerprint density at radius 3 is 2.58 bits per heavy atom. The van der Waals surface area contributed by atoms with Crippen molar-refractivity contribution in [2.45, 2.75) is 38.1 Å². The molecule has 0 atom stereocenters. The molecule has 1 fully saturated rings. The molecule has 0 aliphatic heterocycles. The Bertz CT molecular complexity index is 451. The molecule has 0 spiro atoms. The fourth-order valence-corrected chi connectivity index (χ4v) is 2.58. The Hall–Kier alpha value is -1.71. The summed E-state index contributed by atoms with van der Waals surface area (Å²) in [5.41, 5.74) is 8.10. The number of amides is 1. The molecule has 4 heteroatoms. The van der Waals surface area contributed by atoms with E-state index < -0.39 is 0 Å². The second-order valence-corrected chi connectivity index (χ2v) is 5.48. The van der Waals surface area contributed by atoms with Gasteiger partial charge in [0.2, 0.25) is 0 Å². The number of nitrogens with two attached hydrogens (primary N) is 1. The lowest BCUT2D eigenvalue weighted by atomic mass is 9.95. The van der Waals surface area contributed by atoms with Crippen molar-refractivity contribution in [3.63, 3.8) is 0 Å². The lowest BCUT2D eigenvalue weighted by Crippen LogP contribution is -2.27. The number of nitrogen functional groups attached to an aromatic ring is 1. The first-order valence-electron chi connectivity index (χ1n) is 6.95. The van der Waals surface area contributed by atoms with Gasteiger partial charge in [0.1, 0.15) is 0 Å². The fourth-order valence-electron chi connectivity index (χ4n) is 2.58. The van der Waals surface area contributed by atoms with Crippen molar-refractivity contribution in [2.75, 3.05) is 25.1 Å². The molecule has 1 saturated carbocycles. The smallest absolute Gasteiger partial charge is 0.255 e. The predicted molar refractivity (Wildman–Crippen MR) is 79.4 cm³/mol. The first-order chi connectivity index (χ1) is 9.08. The zero-order valence-electron chi connectivity index (χ0n) is 11.8. The van der Waals surface area contributed by atoms with Crippen LogP contribution in [0.15, 0.2) is 18.2 Å². The van der Waals surface area contributed by atoms with Crippen LogP contribution in [-0.4, -0.2) is 30.9 Å². The summed E-state index contributed by atoms with van der Waals surface area (Å²) in [5, 5.41) is 3.50. The summed E-state index contributed by atoms with van der Waals surface area (Å²) in [6.07, 6.45) is 6.18. The molecule has 1 aliphatic carbocycles. The van der Waals surface area contributed by atoms with Gasteiger partial charge in [0.15, 0.2) is 0 Å². The Labute approximate surface area is 115 Å². The summed E-state index contributed by atoms with van der Waals surface area (Å²) in [6, 6.07) is 5.92. The van der Waals surface area contributed by atoms with Gasteiger partial charge < -0.3 is 16.0 Å². The van der Waals surface area contributed by atoms with Crippen LogP contribution in [0.3, 0.4) is 0 Å². The minimum absolute atomic E-state index is 0.0123. The minimum Gasteiger partial charge on any atom is -0.399 e. The highest BCUT2D eigenvalue weighted by Gasteiger charge is 2.18. The van der Waals surface area contributed by atoms with Crippen molar-refractivity contribution in [3.8, 4) is 0 Å². The van der Waals surface area contributed by atoms with Crippen molar-refractivity contribution in [1.29, 1.82) is 0 Å². The van der Waals surface area contributed by atoms with E-state index in [9.17, 15) is 4.79 Å². The van der Waals surface area contributed by atoms with Gasteiger partial charge in [-0.1, -0.05) is 19.3 Å². The molecule has 104 valence electrons. The molecular formula is C15H23N3O. The zero-order chi connectivity index (χ0) is 13.8. The molecule has 0 aromatic heterocycles.